The van der Waals surface area contributed by atoms with Gasteiger partial charge in [-0.3, -0.25) is 0 Å². The molecule has 0 unspecified atom stereocenters. The molecule has 0 saturated carbocycles. The monoisotopic (exact) mass is 268 g/mol. The molecule has 0 saturated heterocycles. The molecule has 0 aliphatic heterocycles. The molecule has 6 heteroatoms. The molecule has 0 radical (unpaired) electrons. The molecule has 1 heterocycles. The van der Waals surface area contributed by atoms with Crippen molar-refractivity contribution in [3.63, 3.8) is 0 Å². The van der Waals surface area contributed by atoms with E-state index < -0.39 is 9.84 Å². The highest BCUT2D eigenvalue weighted by Gasteiger charge is 2.07. The highest BCUT2D eigenvalue weighted by Crippen LogP contribution is 2.19. The number of aromatic nitrogens is 2. The minimum absolute atomic E-state index is 0.281. The maximum Gasteiger partial charge on any atom is 0.175 e. The van der Waals surface area contributed by atoms with Crippen molar-refractivity contribution in [3.8, 4) is 11.3 Å². The molecule has 1 aromatic carbocycles. The van der Waals surface area contributed by atoms with Crippen LogP contribution >= 0.6 is 11.6 Å². The van der Waals surface area contributed by atoms with Gasteiger partial charge in [-0.25, -0.2) is 8.42 Å². The highest BCUT2D eigenvalue weighted by molar-refractivity contribution is 7.90. The molecule has 0 fully saturated rings. The van der Waals surface area contributed by atoms with Crippen molar-refractivity contribution in [2.24, 2.45) is 0 Å². The normalized spacial score (nSPS) is 11.4. The molecule has 0 spiro atoms. The molecule has 0 amide bonds. The van der Waals surface area contributed by atoms with Gasteiger partial charge in [-0.2, -0.15) is 0 Å². The van der Waals surface area contributed by atoms with Crippen LogP contribution in [-0.4, -0.2) is 24.9 Å². The van der Waals surface area contributed by atoms with Crippen LogP contribution in [0.4, 0.5) is 0 Å². The van der Waals surface area contributed by atoms with Crippen LogP contribution in [0.3, 0.4) is 0 Å². The molecule has 0 bridgehead atoms. The lowest BCUT2D eigenvalue weighted by atomic mass is 10.1. The van der Waals surface area contributed by atoms with Crippen LogP contribution in [0.25, 0.3) is 11.3 Å². The molecule has 17 heavy (non-hydrogen) atoms. The summed E-state index contributed by atoms with van der Waals surface area (Å²) in [6.45, 7) is 0. The number of hydrogen-bond donors (Lipinski definition) is 0. The zero-order chi connectivity index (χ0) is 12.5. The average molecular weight is 269 g/mol. The summed E-state index contributed by atoms with van der Waals surface area (Å²) in [4.78, 5) is 0.281. The average Bonchev–Trinajstić information content (AvgIpc) is 2.29. The predicted octanol–water partition coefficient (Wildman–Crippen LogP) is 2.20. The Morgan fingerprint density at radius 1 is 1.00 bits per heavy atom. The molecule has 0 atom stereocenters. The number of sulfone groups is 1. The largest absolute Gasteiger partial charge is 0.224 e. The van der Waals surface area contributed by atoms with Crippen LogP contribution in [0, 0.1) is 0 Å². The summed E-state index contributed by atoms with van der Waals surface area (Å²) < 4.78 is 22.6. The van der Waals surface area contributed by atoms with Crippen molar-refractivity contribution in [1.29, 1.82) is 0 Å². The van der Waals surface area contributed by atoms with Crippen molar-refractivity contribution >= 4 is 21.4 Å². The van der Waals surface area contributed by atoms with Gasteiger partial charge in [0.15, 0.2) is 15.0 Å². The zero-order valence-electron chi connectivity index (χ0n) is 8.96. The van der Waals surface area contributed by atoms with E-state index in [-0.39, 0.29) is 4.90 Å². The van der Waals surface area contributed by atoms with Crippen LogP contribution < -0.4 is 0 Å². The fraction of sp³-hybridized carbons (Fsp3) is 0.0909. The summed E-state index contributed by atoms with van der Waals surface area (Å²) in [6, 6.07) is 9.82. The van der Waals surface area contributed by atoms with E-state index in [4.69, 9.17) is 11.6 Å². The van der Waals surface area contributed by atoms with Crippen LogP contribution in [0.5, 0.6) is 0 Å². The Labute approximate surface area is 104 Å². The summed E-state index contributed by atoms with van der Waals surface area (Å²) >= 11 is 5.63. The van der Waals surface area contributed by atoms with Gasteiger partial charge in [-0.1, -0.05) is 23.7 Å². The van der Waals surface area contributed by atoms with E-state index in [1.807, 2.05) is 0 Å². The van der Waals surface area contributed by atoms with Gasteiger partial charge in [-0.05, 0) is 24.3 Å². The van der Waals surface area contributed by atoms with E-state index in [0.29, 0.717) is 10.8 Å². The summed E-state index contributed by atoms with van der Waals surface area (Å²) in [6.07, 6.45) is 1.17. The molecule has 1 aromatic heterocycles. The summed E-state index contributed by atoms with van der Waals surface area (Å²) in [5.41, 5.74) is 1.44. The first kappa shape index (κ1) is 12.0. The van der Waals surface area contributed by atoms with Crippen molar-refractivity contribution < 1.29 is 8.42 Å². The van der Waals surface area contributed by atoms with E-state index in [1.54, 1.807) is 36.4 Å². The van der Waals surface area contributed by atoms with Gasteiger partial charge in [0.05, 0.1) is 10.6 Å². The molecule has 88 valence electrons. The lowest BCUT2D eigenvalue weighted by Crippen LogP contribution is -1.96. The quantitative estimate of drug-likeness (QED) is 0.838. The second-order valence-corrected chi connectivity index (χ2v) is 5.94. The number of halogens is 1. The third-order valence-corrected chi connectivity index (χ3v) is 3.54. The van der Waals surface area contributed by atoms with Crippen LogP contribution in [0.15, 0.2) is 41.3 Å². The highest BCUT2D eigenvalue weighted by atomic mass is 35.5. The van der Waals surface area contributed by atoms with E-state index in [1.165, 1.54) is 6.26 Å². The molecule has 2 rings (SSSR count). The van der Waals surface area contributed by atoms with Crippen molar-refractivity contribution in [2.75, 3.05) is 6.26 Å². The van der Waals surface area contributed by atoms with Gasteiger partial charge in [0, 0.05) is 11.8 Å². The van der Waals surface area contributed by atoms with Gasteiger partial charge >= 0.3 is 0 Å². The Morgan fingerprint density at radius 2 is 1.65 bits per heavy atom. The second-order valence-electron chi connectivity index (χ2n) is 3.54. The molecule has 0 aliphatic rings. The van der Waals surface area contributed by atoms with Crippen LogP contribution in [-0.2, 0) is 9.84 Å². The Bertz CT molecular complexity index is 622. The third kappa shape index (κ3) is 2.81. The van der Waals surface area contributed by atoms with Gasteiger partial charge in [0.2, 0.25) is 0 Å². The van der Waals surface area contributed by atoms with E-state index in [9.17, 15) is 8.42 Å². The number of nitrogens with zero attached hydrogens (tertiary/aromatic N) is 2. The minimum Gasteiger partial charge on any atom is -0.224 e. The Kier molecular flexibility index (Phi) is 3.13. The Morgan fingerprint density at radius 3 is 2.12 bits per heavy atom. The van der Waals surface area contributed by atoms with Crippen molar-refractivity contribution in [2.45, 2.75) is 4.90 Å². The summed E-state index contributed by atoms with van der Waals surface area (Å²) in [5.74, 6) is 0. The summed E-state index contributed by atoms with van der Waals surface area (Å²) in [5, 5.41) is 7.95. The van der Waals surface area contributed by atoms with E-state index >= 15 is 0 Å². The van der Waals surface area contributed by atoms with Gasteiger partial charge in [0.1, 0.15) is 0 Å². The molecule has 0 aliphatic carbocycles. The molecule has 2 aromatic rings. The fourth-order valence-corrected chi connectivity index (χ4v) is 2.07. The standard InChI is InChI=1S/C11H9ClN2O2S/c1-17(15,16)9-4-2-8(3-5-9)10-6-7-11(12)14-13-10/h2-7H,1H3. The first-order valence-corrected chi connectivity index (χ1v) is 7.03. The SMILES string of the molecule is CS(=O)(=O)c1ccc(-c2ccc(Cl)nn2)cc1. The fourth-order valence-electron chi connectivity index (χ4n) is 1.34. The number of benzene rings is 1. The molecule has 0 N–H and O–H groups in total. The smallest absolute Gasteiger partial charge is 0.175 e. The first-order valence-electron chi connectivity index (χ1n) is 4.76. The predicted molar refractivity (Wildman–Crippen MR) is 65.6 cm³/mol. The van der Waals surface area contributed by atoms with Crippen molar-refractivity contribution in [3.05, 3.63) is 41.6 Å². The van der Waals surface area contributed by atoms with E-state index in [0.717, 1.165) is 5.56 Å². The molecular weight excluding hydrogens is 260 g/mol. The zero-order valence-corrected chi connectivity index (χ0v) is 10.5. The molecule has 4 nitrogen and oxygen atoms in total. The third-order valence-electron chi connectivity index (χ3n) is 2.21. The van der Waals surface area contributed by atoms with Gasteiger partial charge < -0.3 is 0 Å². The second kappa shape index (κ2) is 4.43. The summed E-state index contributed by atoms with van der Waals surface area (Å²) in [7, 11) is -3.17. The maximum atomic E-state index is 11.3. The topological polar surface area (TPSA) is 59.9 Å². The van der Waals surface area contributed by atoms with Crippen LogP contribution in [0.2, 0.25) is 5.15 Å². The number of hydrogen-bond acceptors (Lipinski definition) is 4. The molecular formula is C11H9ClN2O2S. The Hall–Kier alpha value is -1.46. The van der Waals surface area contributed by atoms with E-state index in [2.05, 4.69) is 10.2 Å². The first-order chi connectivity index (χ1) is 7.97. The number of rotatable bonds is 2. The lowest BCUT2D eigenvalue weighted by Gasteiger charge is -2.01. The lowest BCUT2D eigenvalue weighted by molar-refractivity contribution is 0.602. The maximum absolute atomic E-state index is 11.3. The van der Waals surface area contributed by atoms with Gasteiger partial charge in [0.25, 0.3) is 0 Å². The minimum atomic E-state index is -3.17. The Balaban J connectivity index is 2.39. The van der Waals surface area contributed by atoms with Gasteiger partial charge in [-0.15, -0.1) is 10.2 Å². The van der Waals surface area contributed by atoms with Crippen LogP contribution in [0.1, 0.15) is 0 Å². The van der Waals surface area contributed by atoms with Crippen molar-refractivity contribution in [1.82, 2.24) is 10.2 Å².